The molecule has 0 bridgehead atoms. The molecule has 0 aromatic heterocycles. The van der Waals surface area contributed by atoms with Gasteiger partial charge in [-0.25, -0.2) is 0 Å². The van der Waals surface area contributed by atoms with Gasteiger partial charge in [-0.1, -0.05) is 0 Å². The van der Waals surface area contributed by atoms with Crippen molar-refractivity contribution >= 4 is 0 Å². The summed E-state index contributed by atoms with van der Waals surface area (Å²) in [4.78, 5) is 0. The molecule has 0 atom stereocenters. The van der Waals surface area contributed by atoms with Crippen LogP contribution in [-0.2, 0) is 4.74 Å². The minimum Gasteiger partial charge on any atom is -0.394 e. The summed E-state index contributed by atoms with van der Waals surface area (Å²) in [5, 5.41) is 17.0. The van der Waals surface area contributed by atoms with Gasteiger partial charge >= 0.3 is 0 Å². The van der Waals surface area contributed by atoms with Crippen LogP contribution in [0.2, 0.25) is 0 Å². The van der Waals surface area contributed by atoms with Gasteiger partial charge in [0, 0.05) is 0 Å². The average Bonchev–Trinajstić information content (AvgIpc) is 1.87. The van der Waals surface area contributed by atoms with Crippen molar-refractivity contribution in [1.29, 1.82) is 5.26 Å². The summed E-state index contributed by atoms with van der Waals surface area (Å²) in [6.45, 7) is 0.289. The standard InChI is InChI=1S/C7H11NO2/c8-6-7(2-1-3-7)10-5-4-9/h9H,1-5H2. The van der Waals surface area contributed by atoms with Crippen LogP contribution in [-0.4, -0.2) is 23.9 Å². The summed E-state index contributed by atoms with van der Waals surface area (Å²) in [6.07, 6.45) is 2.71. The lowest BCUT2D eigenvalue weighted by molar-refractivity contribution is -0.0669. The number of nitrogens with zero attached hydrogens (tertiary/aromatic N) is 1. The zero-order valence-corrected chi connectivity index (χ0v) is 5.84. The van der Waals surface area contributed by atoms with Crippen molar-refractivity contribution < 1.29 is 9.84 Å². The molecule has 1 aliphatic carbocycles. The largest absolute Gasteiger partial charge is 0.394 e. The molecule has 3 heteroatoms. The average molecular weight is 141 g/mol. The zero-order valence-electron chi connectivity index (χ0n) is 5.84. The Kier molecular flexibility index (Phi) is 2.25. The van der Waals surface area contributed by atoms with Crippen LogP contribution in [0.15, 0.2) is 0 Å². The molecule has 0 unspecified atom stereocenters. The lowest BCUT2D eigenvalue weighted by atomic mass is 9.81. The van der Waals surface area contributed by atoms with Gasteiger partial charge in [-0.05, 0) is 19.3 Å². The second-order valence-corrected chi connectivity index (χ2v) is 2.53. The van der Waals surface area contributed by atoms with E-state index in [1.54, 1.807) is 0 Å². The van der Waals surface area contributed by atoms with Gasteiger partial charge in [-0.3, -0.25) is 0 Å². The summed E-state index contributed by atoms with van der Waals surface area (Å²) in [5.74, 6) is 0. The molecule has 0 aromatic rings. The number of rotatable bonds is 3. The lowest BCUT2D eigenvalue weighted by Gasteiger charge is -2.34. The van der Waals surface area contributed by atoms with Crippen molar-refractivity contribution in [2.24, 2.45) is 0 Å². The number of ether oxygens (including phenoxy) is 1. The van der Waals surface area contributed by atoms with Crippen molar-refractivity contribution in [2.75, 3.05) is 13.2 Å². The Morgan fingerprint density at radius 2 is 2.30 bits per heavy atom. The SMILES string of the molecule is N#CC1(OCCO)CCC1. The van der Waals surface area contributed by atoms with Gasteiger partial charge in [0.25, 0.3) is 0 Å². The topological polar surface area (TPSA) is 53.2 Å². The first-order chi connectivity index (χ1) is 4.83. The minimum atomic E-state index is -0.539. The van der Waals surface area contributed by atoms with E-state index in [0.29, 0.717) is 0 Å². The number of aliphatic hydroxyl groups is 1. The van der Waals surface area contributed by atoms with Crippen LogP contribution in [0.4, 0.5) is 0 Å². The molecule has 56 valence electrons. The van der Waals surface area contributed by atoms with Crippen molar-refractivity contribution in [3.8, 4) is 6.07 Å². The summed E-state index contributed by atoms with van der Waals surface area (Å²) in [7, 11) is 0. The van der Waals surface area contributed by atoms with Crippen LogP contribution in [0.1, 0.15) is 19.3 Å². The number of hydrogen-bond donors (Lipinski definition) is 1. The Hall–Kier alpha value is -0.590. The van der Waals surface area contributed by atoms with E-state index in [0.717, 1.165) is 19.3 Å². The molecule has 1 saturated carbocycles. The third-order valence-corrected chi connectivity index (χ3v) is 1.83. The van der Waals surface area contributed by atoms with Gasteiger partial charge < -0.3 is 9.84 Å². The fourth-order valence-electron chi connectivity index (χ4n) is 1.03. The van der Waals surface area contributed by atoms with Crippen LogP contribution in [0.3, 0.4) is 0 Å². The summed E-state index contributed by atoms with van der Waals surface area (Å²) < 4.78 is 5.15. The molecule has 0 spiro atoms. The van der Waals surface area contributed by atoms with E-state index in [2.05, 4.69) is 6.07 Å². The third-order valence-electron chi connectivity index (χ3n) is 1.83. The zero-order chi connectivity index (χ0) is 7.45. The molecule has 0 heterocycles. The van der Waals surface area contributed by atoms with Crippen LogP contribution in [0, 0.1) is 11.3 Å². The number of nitriles is 1. The van der Waals surface area contributed by atoms with Gasteiger partial charge in [0.15, 0.2) is 5.60 Å². The number of aliphatic hydroxyl groups excluding tert-OH is 1. The minimum absolute atomic E-state index is 0.00340. The molecule has 0 saturated heterocycles. The van der Waals surface area contributed by atoms with Gasteiger partial charge in [0.2, 0.25) is 0 Å². The lowest BCUT2D eigenvalue weighted by Crippen LogP contribution is -2.39. The highest BCUT2D eigenvalue weighted by Gasteiger charge is 2.37. The van der Waals surface area contributed by atoms with Crippen molar-refractivity contribution in [3.05, 3.63) is 0 Å². The van der Waals surface area contributed by atoms with Crippen LogP contribution in [0.25, 0.3) is 0 Å². The van der Waals surface area contributed by atoms with E-state index in [4.69, 9.17) is 15.1 Å². The predicted octanol–water partition coefficient (Wildman–Crippen LogP) is 0.442. The van der Waals surface area contributed by atoms with Crippen molar-refractivity contribution in [1.82, 2.24) is 0 Å². The monoisotopic (exact) mass is 141 g/mol. The quantitative estimate of drug-likeness (QED) is 0.620. The van der Waals surface area contributed by atoms with Gasteiger partial charge in [0.05, 0.1) is 19.3 Å². The van der Waals surface area contributed by atoms with Crippen molar-refractivity contribution in [2.45, 2.75) is 24.9 Å². The first-order valence-corrected chi connectivity index (χ1v) is 3.49. The van der Waals surface area contributed by atoms with E-state index in [1.807, 2.05) is 0 Å². The first-order valence-electron chi connectivity index (χ1n) is 3.49. The second-order valence-electron chi connectivity index (χ2n) is 2.53. The Labute approximate surface area is 60.2 Å². The summed E-state index contributed by atoms with van der Waals surface area (Å²) in [6, 6.07) is 2.12. The molecule has 0 aliphatic heterocycles. The highest BCUT2D eigenvalue weighted by molar-refractivity contribution is 5.07. The van der Waals surface area contributed by atoms with Crippen LogP contribution in [0.5, 0.6) is 0 Å². The second kappa shape index (κ2) is 3.00. The highest BCUT2D eigenvalue weighted by atomic mass is 16.5. The molecular formula is C7H11NO2. The molecule has 3 nitrogen and oxygen atoms in total. The molecule has 1 N–H and O–H groups in total. The molecule has 10 heavy (non-hydrogen) atoms. The molecule has 0 radical (unpaired) electrons. The van der Waals surface area contributed by atoms with Crippen LogP contribution >= 0.6 is 0 Å². The van der Waals surface area contributed by atoms with Crippen LogP contribution < -0.4 is 0 Å². The smallest absolute Gasteiger partial charge is 0.154 e. The van der Waals surface area contributed by atoms with E-state index >= 15 is 0 Å². The van der Waals surface area contributed by atoms with E-state index in [9.17, 15) is 0 Å². The fourth-order valence-corrected chi connectivity index (χ4v) is 1.03. The molecule has 1 rings (SSSR count). The Bertz CT molecular complexity index is 146. The molecule has 0 amide bonds. The maximum Gasteiger partial charge on any atom is 0.154 e. The Morgan fingerprint density at radius 1 is 1.60 bits per heavy atom. The maximum absolute atomic E-state index is 8.61. The summed E-state index contributed by atoms with van der Waals surface area (Å²) >= 11 is 0. The van der Waals surface area contributed by atoms with E-state index in [-0.39, 0.29) is 13.2 Å². The van der Waals surface area contributed by atoms with Crippen molar-refractivity contribution in [3.63, 3.8) is 0 Å². The first kappa shape index (κ1) is 7.52. The summed E-state index contributed by atoms with van der Waals surface area (Å²) in [5.41, 5.74) is -0.539. The fraction of sp³-hybridized carbons (Fsp3) is 0.857. The van der Waals surface area contributed by atoms with E-state index < -0.39 is 5.60 Å². The third kappa shape index (κ3) is 1.28. The van der Waals surface area contributed by atoms with E-state index in [1.165, 1.54) is 0 Å². The van der Waals surface area contributed by atoms with Gasteiger partial charge in [-0.15, -0.1) is 0 Å². The normalized spacial score (nSPS) is 21.2. The molecular weight excluding hydrogens is 130 g/mol. The molecule has 0 aromatic carbocycles. The predicted molar refractivity (Wildman–Crippen MR) is 35.2 cm³/mol. The Balaban J connectivity index is 2.29. The van der Waals surface area contributed by atoms with Gasteiger partial charge in [0.1, 0.15) is 0 Å². The Morgan fingerprint density at radius 3 is 2.60 bits per heavy atom. The highest BCUT2D eigenvalue weighted by Crippen LogP contribution is 2.34. The number of hydrogen-bond acceptors (Lipinski definition) is 3. The molecule has 1 aliphatic rings. The maximum atomic E-state index is 8.61. The molecule has 1 fully saturated rings. The van der Waals surface area contributed by atoms with Gasteiger partial charge in [-0.2, -0.15) is 5.26 Å².